The minimum atomic E-state index is -0.384. The minimum Gasteiger partial charge on any atom is -0.495 e. The highest BCUT2D eigenvalue weighted by Crippen LogP contribution is 2.41. The van der Waals surface area contributed by atoms with E-state index in [-0.39, 0.29) is 23.7 Å². The molecule has 2 atom stereocenters. The Morgan fingerprint density at radius 2 is 1.64 bits per heavy atom. The van der Waals surface area contributed by atoms with Gasteiger partial charge in [0, 0.05) is 5.02 Å². The molecule has 0 aromatic heterocycles. The Bertz CT molecular complexity index is 826. The summed E-state index contributed by atoms with van der Waals surface area (Å²) in [6.07, 6.45) is 0.491. The van der Waals surface area contributed by atoms with Crippen molar-refractivity contribution in [2.75, 3.05) is 17.7 Å². The molecule has 0 bridgehead atoms. The highest BCUT2D eigenvalue weighted by atomic mass is 35.5. The summed E-state index contributed by atoms with van der Waals surface area (Å²) in [5, 5.41) is 6.40. The maximum atomic E-state index is 12.3. The molecule has 7 heteroatoms. The third-order valence-electron chi connectivity index (χ3n) is 4.02. The fourth-order valence-electron chi connectivity index (χ4n) is 2.57. The average Bonchev–Trinajstić information content (AvgIpc) is 3.39. The summed E-state index contributed by atoms with van der Waals surface area (Å²) >= 11 is 11.9. The number of amides is 2. The summed E-state index contributed by atoms with van der Waals surface area (Å²) in [6, 6.07) is 12.0. The number of para-hydroxylation sites is 2. The third kappa shape index (κ3) is 4.06. The van der Waals surface area contributed by atoms with Gasteiger partial charge in [0.05, 0.1) is 35.3 Å². The Hall–Kier alpha value is -2.24. The summed E-state index contributed by atoms with van der Waals surface area (Å²) in [5.74, 6) is -0.637. The van der Waals surface area contributed by atoms with Gasteiger partial charge in [0.2, 0.25) is 11.8 Å². The lowest BCUT2D eigenvalue weighted by Crippen LogP contribution is -2.21. The van der Waals surface area contributed by atoms with Crippen LogP contribution >= 0.6 is 23.2 Å². The van der Waals surface area contributed by atoms with Crippen molar-refractivity contribution in [2.45, 2.75) is 6.42 Å². The molecule has 2 unspecified atom stereocenters. The highest BCUT2D eigenvalue weighted by molar-refractivity contribution is 6.35. The standard InChI is InChI=1S/C18H16Cl2N2O3/c1-25-16-5-3-2-4-14(16)21-17(23)11-9-12(11)18(24)22-15-8-10(19)6-7-13(15)20/h2-8,11-12H,9H2,1H3,(H,21,23)(H,22,24). The van der Waals surface area contributed by atoms with E-state index in [0.717, 1.165) is 0 Å². The van der Waals surface area contributed by atoms with Crippen molar-refractivity contribution < 1.29 is 14.3 Å². The largest absolute Gasteiger partial charge is 0.495 e. The van der Waals surface area contributed by atoms with Gasteiger partial charge in [0.25, 0.3) is 0 Å². The topological polar surface area (TPSA) is 67.4 Å². The number of halogens is 2. The predicted octanol–water partition coefficient (Wildman–Crippen LogP) is 4.22. The van der Waals surface area contributed by atoms with Gasteiger partial charge in [-0.1, -0.05) is 35.3 Å². The molecule has 5 nitrogen and oxygen atoms in total. The van der Waals surface area contributed by atoms with E-state index in [1.165, 1.54) is 7.11 Å². The van der Waals surface area contributed by atoms with Crippen molar-refractivity contribution in [1.29, 1.82) is 0 Å². The van der Waals surface area contributed by atoms with Crippen LogP contribution in [-0.2, 0) is 9.59 Å². The van der Waals surface area contributed by atoms with E-state index in [1.54, 1.807) is 36.4 Å². The van der Waals surface area contributed by atoms with Gasteiger partial charge in [0.15, 0.2) is 0 Å². The Balaban J connectivity index is 1.61. The zero-order chi connectivity index (χ0) is 18.0. The first-order chi connectivity index (χ1) is 12.0. The molecule has 0 aliphatic heterocycles. The van der Waals surface area contributed by atoms with Crippen LogP contribution in [0.1, 0.15) is 6.42 Å². The normalized spacial score (nSPS) is 18.4. The number of nitrogens with one attached hydrogen (secondary N) is 2. The molecule has 1 aliphatic rings. The number of ether oxygens (including phenoxy) is 1. The van der Waals surface area contributed by atoms with Crippen LogP contribution in [0, 0.1) is 11.8 Å². The van der Waals surface area contributed by atoms with Crippen LogP contribution in [0.2, 0.25) is 10.0 Å². The van der Waals surface area contributed by atoms with E-state index in [9.17, 15) is 9.59 Å². The van der Waals surface area contributed by atoms with Crippen molar-refractivity contribution in [2.24, 2.45) is 11.8 Å². The predicted molar refractivity (Wildman–Crippen MR) is 98.3 cm³/mol. The number of anilines is 2. The SMILES string of the molecule is COc1ccccc1NC(=O)C1CC1C(=O)Nc1cc(Cl)ccc1Cl. The lowest BCUT2D eigenvalue weighted by Gasteiger charge is -2.10. The monoisotopic (exact) mass is 378 g/mol. The van der Waals surface area contributed by atoms with E-state index in [1.807, 2.05) is 6.07 Å². The van der Waals surface area contributed by atoms with E-state index >= 15 is 0 Å². The van der Waals surface area contributed by atoms with Gasteiger partial charge in [-0.25, -0.2) is 0 Å². The second kappa shape index (κ2) is 7.33. The zero-order valence-corrected chi connectivity index (χ0v) is 14.9. The molecule has 2 amide bonds. The van der Waals surface area contributed by atoms with Crippen molar-refractivity contribution in [3.8, 4) is 5.75 Å². The van der Waals surface area contributed by atoms with Gasteiger partial charge in [0.1, 0.15) is 5.75 Å². The number of rotatable bonds is 5. The third-order valence-corrected chi connectivity index (χ3v) is 4.58. The van der Waals surface area contributed by atoms with Crippen LogP contribution in [-0.4, -0.2) is 18.9 Å². The first-order valence-electron chi connectivity index (χ1n) is 7.69. The minimum absolute atomic E-state index is 0.207. The van der Waals surface area contributed by atoms with Crippen molar-refractivity contribution in [1.82, 2.24) is 0 Å². The van der Waals surface area contributed by atoms with Crippen molar-refractivity contribution in [3.63, 3.8) is 0 Å². The van der Waals surface area contributed by atoms with Crippen LogP contribution in [0.3, 0.4) is 0 Å². The molecule has 25 heavy (non-hydrogen) atoms. The summed E-state index contributed by atoms with van der Waals surface area (Å²) in [6.45, 7) is 0. The summed E-state index contributed by atoms with van der Waals surface area (Å²) in [4.78, 5) is 24.6. The molecule has 0 heterocycles. The van der Waals surface area contributed by atoms with Crippen molar-refractivity contribution >= 4 is 46.4 Å². The molecule has 0 spiro atoms. The maximum Gasteiger partial charge on any atom is 0.228 e. The number of carbonyl (C=O) groups excluding carboxylic acids is 2. The molecule has 1 aliphatic carbocycles. The number of methoxy groups -OCH3 is 1. The molecular weight excluding hydrogens is 363 g/mol. The summed E-state index contributed by atoms with van der Waals surface area (Å²) in [7, 11) is 1.53. The molecule has 2 N–H and O–H groups in total. The van der Waals surface area contributed by atoms with E-state index in [0.29, 0.717) is 33.6 Å². The molecule has 130 valence electrons. The molecular formula is C18H16Cl2N2O3. The molecule has 2 aromatic carbocycles. The van der Waals surface area contributed by atoms with E-state index in [4.69, 9.17) is 27.9 Å². The van der Waals surface area contributed by atoms with Gasteiger partial charge in [-0.3, -0.25) is 9.59 Å². The molecule has 1 saturated carbocycles. The number of hydrogen-bond donors (Lipinski definition) is 2. The molecule has 0 saturated heterocycles. The molecule has 2 aromatic rings. The average molecular weight is 379 g/mol. The Morgan fingerprint density at radius 1 is 1.00 bits per heavy atom. The first kappa shape index (κ1) is 17.6. The summed E-state index contributed by atoms with van der Waals surface area (Å²) < 4.78 is 5.20. The van der Waals surface area contributed by atoms with Gasteiger partial charge in [-0.15, -0.1) is 0 Å². The molecule has 3 rings (SSSR count). The second-order valence-corrected chi connectivity index (χ2v) is 6.60. The van der Waals surface area contributed by atoms with Crippen LogP contribution in [0.4, 0.5) is 11.4 Å². The van der Waals surface area contributed by atoms with E-state index in [2.05, 4.69) is 10.6 Å². The fourth-order valence-corrected chi connectivity index (χ4v) is 2.90. The van der Waals surface area contributed by atoms with Crippen LogP contribution in [0.5, 0.6) is 5.75 Å². The Kier molecular flexibility index (Phi) is 5.16. The maximum absolute atomic E-state index is 12.3. The fraction of sp³-hybridized carbons (Fsp3) is 0.222. The lowest BCUT2D eigenvalue weighted by molar-refractivity contribution is -0.122. The van der Waals surface area contributed by atoms with Crippen molar-refractivity contribution in [3.05, 3.63) is 52.5 Å². The van der Waals surface area contributed by atoms with E-state index < -0.39 is 0 Å². The van der Waals surface area contributed by atoms with Gasteiger partial charge in [-0.2, -0.15) is 0 Å². The number of hydrogen-bond acceptors (Lipinski definition) is 3. The zero-order valence-electron chi connectivity index (χ0n) is 13.4. The molecule has 0 radical (unpaired) electrons. The molecule has 1 fully saturated rings. The number of benzene rings is 2. The lowest BCUT2D eigenvalue weighted by atomic mass is 10.2. The van der Waals surface area contributed by atoms with Gasteiger partial charge < -0.3 is 15.4 Å². The number of carbonyl (C=O) groups is 2. The summed E-state index contributed by atoms with van der Waals surface area (Å²) in [5.41, 5.74) is 1.02. The van der Waals surface area contributed by atoms with Gasteiger partial charge in [-0.05, 0) is 36.8 Å². The Labute approximate surface area is 155 Å². The smallest absolute Gasteiger partial charge is 0.228 e. The second-order valence-electron chi connectivity index (χ2n) is 5.75. The highest BCUT2D eigenvalue weighted by Gasteiger charge is 2.48. The first-order valence-corrected chi connectivity index (χ1v) is 8.45. The quantitative estimate of drug-likeness (QED) is 0.818. The van der Waals surface area contributed by atoms with Crippen LogP contribution in [0.15, 0.2) is 42.5 Å². The van der Waals surface area contributed by atoms with Gasteiger partial charge >= 0.3 is 0 Å². The van der Waals surface area contributed by atoms with Crippen LogP contribution < -0.4 is 15.4 Å². The van der Waals surface area contributed by atoms with Crippen LogP contribution in [0.25, 0.3) is 0 Å². The Morgan fingerprint density at radius 3 is 2.32 bits per heavy atom.